The maximum absolute atomic E-state index is 12.4. The van der Waals surface area contributed by atoms with Crippen LogP contribution in [0.3, 0.4) is 0 Å². The van der Waals surface area contributed by atoms with Crippen LogP contribution in [0, 0.1) is 13.8 Å². The molecule has 0 spiro atoms. The van der Waals surface area contributed by atoms with Crippen LogP contribution in [0.25, 0.3) is 5.69 Å². The van der Waals surface area contributed by atoms with Gasteiger partial charge in [-0.05, 0) is 56.3 Å². The highest BCUT2D eigenvalue weighted by Gasteiger charge is 2.22. The quantitative estimate of drug-likeness (QED) is 0.393. The lowest BCUT2D eigenvalue weighted by Gasteiger charge is -2.22. The minimum atomic E-state index is -3.73. The second-order valence-corrected chi connectivity index (χ2v) is 9.90. The van der Waals surface area contributed by atoms with Gasteiger partial charge in [-0.1, -0.05) is 35.3 Å². The van der Waals surface area contributed by atoms with E-state index >= 15 is 0 Å². The molecule has 168 valence electrons. The number of amides is 1. The van der Waals surface area contributed by atoms with Crippen molar-refractivity contribution < 1.29 is 13.2 Å². The number of carbonyl (C=O) groups excluding carboxylic acids is 1. The summed E-state index contributed by atoms with van der Waals surface area (Å²) in [5.74, 6) is -0.599. The number of para-hydroxylation sites is 1. The van der Waals surface area contributed by atoms with Gasteiger partial charge in [0.05, 0.1) is 23.2 Å². The van der Waals surface area contributed by atoms with Gasteiger partial charge >= 0.3 is 0 Å². The smallest absolute Gasteiger partial charge is 0.260 e. The highest BCUT2D eigenvalue weighted by molar-refractivity contribution is 7.92. The molecular formula is C22H22Cl2N4O3S. The van der Waals surface area contributed by atoms with Gasteiger partial charge in [-0.2, -0.15) is 5.10 Å². The normalized spacial score (nSPS) is 11.7. The maximum atomic E-state index is 12.4. The van der Waals surface area contributed by atoms with Gasteiger partial charge in [0.1, 0.15) is 6.54 Å². The van der Waals surface area contributed by atoms with Crippen LogP contribution < -0.4 is 9.73 Å². The molecule has 1 N–H and O–H groups in total. The zero-order valence-corrected chi connectivity index (χ0v) is 20.0. The van der Waals surface area contributed by atoms with Crippen molar-refractivity contribution in [3.63, 3.8) is 0 Å². The number of sulfonamides is 1. The molecule has 0 saturated carbocycles. The van der Waals surface area contributed by atoms with Gasteiger partial charge in [0, 0.05) is 27.7 Å². The van der Waals surface area contributed by atoms with Gasteiger partial charge in [-0.15, -0.1) is 0 Å². The topological polar surface area (TPSA) is 83.8 Å². The Balaban J connectivity index is 1.74. The van der Waals surface area contributed by atoms with Crippen LogP contribution in [-0.4, -0.2) is 37.9 Å². The van der Waals surface area contributed by atoms with E-state index in [1.54, 1.807) is 18.2 Å². The van der Waals surface area contributed by atoms with E-state index < -0.39 is 22.5 Å². The standard InChI is InChI=1S/C22H22Cl2N4O3S/c1-15-12-17(16(2)28(15)19-10-8-18(23)9-11-19)13-25-26-22(29)14-27(32(3,30)31)21-7-5-4-6-20(21)24/h4-13H,14H2,1-3H3,(H,26,29). The Bertz CT molecular complexity index is 1270. The second-order valence-electron chi connectivity index (χ2n) is 7.15. The van der Waals surface area contributed by atoms with Crippen molar-refractivity contribution in [3.05, 3.63) is 81.6 Å². The number of rotatable bonds is 7. The summed E-state index contributed by atoms with van der Waals surface area (Å²) < 4.78 is 27.4. The van der Waals surface area contributed by atoms with Crippen LogP contribution in [0.4, 0.5) is 5.69 Å². The van der Waals surface area contributed by atoms with Gasteiger partial charge in [0.2, 0.25) is 10.0 Å². The minimum Gasteiger partial charge on any atom is -0.318 e. The number of hydrazone groups is 1. The van der Waals surface area contributed by atoms with E-state index in [-0.39, 0.29) is 10.7 Å². The summed E-state index contributed by atoms with van der Waals surface area (Å²) in [5.41, 5.74) is 6.28. The van der Waals surface area contributed by atoms with E-state index in [1.807, 2.05) is 48.7 Å². The van der Waals surface area contributed by atoms with Crippen molar-refractivity contribution in [2.24, 2.45) is 5.10 Å². The monoisotopic (exact) mass is 492 g/mol. The summed E-state index contributed by atoms with van der Waals surface area (Å²) in [6, 6.07) is 15.8. The predicted molar refractivity (Wildman–Crippen MR) is 130 cm³/mol. The molecule has 0 saturated heterocycles. The Hall–Kier alpha value is -2.81. The molecule has 0 fully saturated rings. The Labute approximate surface area is 197 Å². The first-order valence-corrected chi connectivity index (χ1v) is 12.2. The van der Waals surface area contributed by atoms with E-state index in [2.05, 4.69) is 10.5 Å². The molecule has 0 aliphatic heterocycles. The highest BCUT2D eigenvalue weighted by Crippen LogP contribution is 2.27. The van der Waals surface area contributed by atoms with E-state index in [1.165, 1.54) is 12.3 Å². The fourth-order valence-corrected chi connectivity index (χ4v) is 4.56. The number of carbonyl (C=O) groups is 1. The Kier molecular flexibility index (Phi) is 7.28. The lowest BCUT2D eigenvalue weighted by Crippen LogP contribution is -2.39. The molecule has 10 heteroatoms. The number of hydrogen-bond donors (Lipinski definition) is 1. The van der Waals surface area contributed by atoms with Crippen LogP contribution in [-0.2, 0) is 14.8 Å². The van der Waals surface area contributed by atoms with Crippen molar-refractivity contribution in [3.8, 4) is 5.69 Å². The van der Waals surface area contributed by atoms with Gasteiger partial charge in [0.15, 0.2) is 0 Å². The average molecular weight is 493 g/mol. The van der Waals surface area contributed by atoms with Gasteiger partial charge in [0.25, 0.3) is 5.91 Å². The second kappa shape index (κ2) is 9.77. The van der Waals surface area contributed by atoms with E-state index in [4.69, 9.17) is 23.2 Å². The van der Waals surface area contributed by atoms with Crippen LogP contribution in [0.5, 0.6) is 0 Å². The molecule has 1 amide bonds. The lowest BCUT2D eigenvalue weighted by molar-refractivity contribution is -0.119. The molecule has 0 radical (unpaired) electrons. The van der Waals surface area contributed by atoms with Gasteiger partial charge < -0.3 is 4.57 Å². The van der Waals surface area contributed by atoms with Crippen molar-refractivity contribution >= 4 is 51.0 Å². The molecule has 1 aromatic heterocycles. The van der Waals surface area contributed by atoms with E-state index in [9.17, 15) is 13.2 Å². The number of nitrogens with one attached hydrogen (secondary N) is 1. The number of benzene rings is 2. The van der Waals surface area contributed by atoms with Crippen LogP contribution in [0.1, 0.15) is 17.0 Å². The zero-order chi connectivity index (χ0) is 23.5. The first kappa shape index (κ1) is 23.8. The summed E-state index contributed by atoms with van der Waals surface area (Å²) in [6.07, 6.45) is 2.53. The third-order valence-corrected chi connectivity index (χ3v) is 6.45. The first-order valence-electron chi connectivity index (χ1n) is 9.57. The number of anilines is 1. The Morgan fingerprint density at radius 1 is 1.12 bits per heavy atom. The maximum Gasteiger partial charge on any atom is 0.260 e. The molecule has 0 bridgehead atoms. The Morgan fingerprint density at radius 3 is 2.41 bits per heavy atom. The number of nitrogens with zero attached hydrogens (tertiary/aromatic N) is 3. The molecule has 2 aromatic carbocycles. The molecule has 1 heterocycles. The van der Waals surface area contributed by atoms with Crippen molar-refractivity contribution in [1.82, 2.24) is 9.99 Å². The molecule has 32 heavy (non-hydrogen) atoms. The molecule has 0 atom stereocenters. The lowest BCUT2D eigenvalue weighted by atomic mass is 10.2. The summed E-state index contributed by atoms with van der Waals surface area (Å²) >= 11 is 12.1. The Morgan fingerprint density at radius 2 is 1.78 bits per heavy atom. The first-order chi connectivity index (χ1) is 15.1. The van der Waals surface area contributed by atoms with Gasteiger partial charge in [-0.3, -0.25) is 9.10 Å². The van der Waals surface area contributed by atoms with Crippen LogP contribution in [0.2, 0.25) is 10.0 Å². The highest BCUT2D eigenvalue weighted by atomic mass is 35.5. The van der Waals surface area contributed by atoms with Crippen LogP contribution >= 0.6 is 23.2 Å². The zero-order valence-electron chi connectivity index (χ0n) is 17.7. The van der Waals surface area contributed by atoms with Crippen molar-refractivity contribution in [2.45, 2.75) is 13.8 Å². The number of halogens is 2. The fraction of sp³-hybridized carbons (Fsp3) is 0.182. The summed E-state index contributed by atoms with van der Waals surface area (Å²) in [5, 5.41) is 4.88. The largest absolute Gasteiger partial charge is 0.318 e. The summed E-state index contributed by atoms with van der Waals surface area (Å²) in [7, 11) is -3.73. The molecule has 7 nitrogen and oxygen atoms in total. The molecule has 0 unspecified atom stereocenters. The predicted octanol–water partition coefficient (Wildman–Crippen LogP) is 4.32. The van der Waals surface area contributed by atoms with E-state index in [0.717, 1.165) is 33.2 Å². The van der Waals surface area contributed by atoms with Crippen molar-refractivity contribution in [2.75, 3.05) is 17.1 Å². The SMILES string of the molecule is Cc1cc(C=NNC(=O)CN(c2ccccc2Cl)S(C)(=O)=O)c(C)n1-c1ccc(Cl)cc1. The summed E-state index contributed by atoms with van der Waals surface area (Å²) in [6.45, 7) is 3.45. The third kappa shape index (κ3) is 5.51. The number of aromatic nitrogens is 1. The molecule has 3 rings (SSSR count). The average Bonchev–Trinajstić information content (AvgIpc) is 3.00. The third-order valence-electron chi connectivity index (χ3n) is 4.76. The number of aryl methyl sites for hydroxylation is 1. The molecule has 3 aromatic rings. The number of hydrogen-bond acceptors (Lipinski definition) is 4. The van der Waals surface area contributed by atoms with Crippen LogP contribution in [0.15, 0.2) is 59.7 Å². The molecule has 0 aliphatic carbocycles. The minimum absolute atomic E-state index is 0.224. The van der Waals surface area contributed by atoms with E-state index in [0.29, 0.717) is 5.02 Å². The van der Waals surface area contributed by atoms with Crippen molar-refractivity contribution in [1.29, 1.82) is 0 Å². The summed E-state index contributed by atoms with van der Waals surface area (Å²) in [4.78, 5) is 12.4. The molecular weight excluding hydrogens is 471 g/mol. The molecule has 0 aliphatic rings. The van der Waals surface area contributed by atoms with Gasteiger partial charge in [-0.25, -0.2) is 13.8 Å². The fourth-order valence-electron chi connectivity index (χ4n) is 3.28.